The first-order valence-electron chi connectivity index (χ1n) is 3.11. The second kappa shape index (κ2) is 3.31. The third-order valence-electron chi connectivity index (χ3n) is 1.26. The average molecular weight is 170 g/mol. The number of hydrogen-bond donors (Lipinski definition) is 2. The number of rotatable bonds is 0. The number of hydrogen-bond acceptors (Lipinski definition) is 2. The summed E-state index contributed by atoms with van der Waals surface area (Å²) in [5.74, 6) is 6.26. The molecule has 0 radical (unpaired) electrons. The Hall–Kier alpha value is -1.14. The molecule has 0 amide bonds. The first-order valence-corrected chi connectivity index (χ1v) is 3.64. The van der Waals surface area contributed by atoms with Gasteiger partial charge in [0.2, 0.25) is 0 Å². The first kappa shape index (κ1) is 7.96. The second-order valence-corrected chi connectivity index (χ2v) is 2.31. The summed E-state index contributed by atoms with van der Waals surface area (Å²) in [7, 11) is 0. The third kappa shape index (κ3) is 1.66. The van der Waals surface area contributed by atoms with Crippen LogP contribution in [0, 0.1) is 18.8 Å². The minimum absolute atomic E-state index is 0.310. The van der Waals surface area contributed by atoms with Crippen molar-refractivity contribution in [2.75, 3.05) is 11.6 Å². The number of aromatic amines is 1. The summed E-state index contributed by atoms with van der Waals surface area (Å²) in [6.45, 7) is 1.86. The fraction of sp³-hybridized carbons (Fsp3) is 0.286. The molecule has 0 fully saturated rings. The van der Waals surface area contributed by atoms with Gasteiger partial charge in [0.25, 0.3) is 0 Å². The lowest BCUT2D eigenvalue weighted by molar-refractivity contribution is 1.05. The maximum Gasteiger partial charge on any atom is 0.161 e. The van der Waals surface area contributed by atoms with Crippen molar-refractivity contribution in [2.45, 2.75) is 6.92 Å². The molecule has 0 aliphatic heterocycles. The van der Waals surface area contributed by atoms with Gasteiger partial charge in [-0.1, -0.05) is 11.8 Å². The summed E-state index contributed by atoms with van der Waals surface area (Å²) in [5, 5.41) is 6.50. The number of alkyl halides is 1. The maximum atomic E-state index is 5.49. The Morgan fingerprint density at radius 3 is 2.91 bits per heavy atom. The van der Waals surface area contributed by atoms with Crippen LogP contribution in [0.1, 0.15) is 11.3 Å². The van der Waals surface area contributed by atoms with Crippen molar-refractivity contribution in [1.82, 2.24) is 10.2 Å². The van der Waals surface area contributed by atoms with E-state index in [2.05, 4.69) is 22.0 Å². The Balaban J connectivity index is 3.01. The summed E-state index contributed by atoms with van der Waals surface area (Å²) in [6, 6.07) is 0. The topological polar surface area (TPSA) is 54.7 Å². The number of nitrogen functional groups attached to an aromatic ring is 1. The highest BCUT2D eigenvalue weighted by atomic mass is 35.5. The van der Waals surface area contributed by atoms with Crippen molar-refractivity contribution in [3.63, 3.8) is 0 Å². The third-order valence-corrected chi connectivity index (χ3v) is 1.39. The van der Waals surface area contributed by atoms with Crippen LogP contribution in [0.2, 0.25) is 0 Å². The lowest BCUT2D eigenvalue weighted by atomic mass is 10.2. The minimum Gasteiger partial charge on any atom is -0.381 e. The van der Waals surface area contributed by atoms with Crippen LogP contribution in [0.4, 0.5) is 5.82 Å². The fourth-order valence-electron chi connectivity index (χ4n) is 0.728. The molecule has 0 aliphatic carbocycles. The number of halogens is 1. The fourth-order valence-corrected chi connectivity index (χ4v) is 0.794. The summed E-state index contributed by atoms with van der Waals surface area (Å²) in [4.78, 5) is 0. The molecule has 4 heteroatoms. The minimum atomic E-state index is 0.310. The van der Waals surface area contributed by atoms with Crippen LogP contribution in [-0.2, 0) is 0 Å². The molecule has 11 heavy (non-hydrogen) atoms. The molecule has 3 N–H and O–H groups in total. The van der Waals surface area contributed by atoms with Gasteiger partial charge in [0, 0.05) is 5.69 Å². The van der Waals surface area contributed by atoms with E-state index in [9.17, 15) is 0 Å². The Morgan fingerprint density at radius 1 is 1.73 bits per heavy atom. The zero-order valence-electron chi connectivity index (χ0n) is 6.11. The molecule has 1 aromatic heterocycles. The van der Waals surface area contributed by atoms with Crippen LogP contribution in [0.3, 0.4) is 0 Å². The molecule has 0 atom stereocenters. The Morgan fingerprint density at radius 2 is 2.45 bits per heavy atom. The van der Waals surface area contributed by atoms with Gasteiger partial charge in [0.1, 0.15) is 0 Å². The van der Waals surface area contributed by atoms with Gasteiger partial charge in [-0.15, -0.1) is 11.6 Å². The van der Waals surface area contributed by atoms with Gasteiger partial charge in [-0.05, 0) is 6.92 Å². The molecule has 0 saturated heterocycles. The lowest BCUT2D eigenvalue weighted by Crippen LogP contribution is -1.87. The molecule has 1 aromatic rings. The van der Waals surface area contributed by atoms with Crippen LogP contribution in [0.5, 0.6) is 0 Å². The predicted octanol–water partition coefficient (Wildman–Crippen LogP) is 0.891. The second-order valence-electron chi connectivity index (χ2n) is 2.04. The van der Waals surface area contributed by atoms with E-state index in [0.717, 1.165) is 11.3 Å². The van der Waals surface area contributed by atoms with E-state index in [1.165, 1.54) is 0 Å². The van der Waals surface area contributed by atoms with Gasteiger partial charge < -0.3 is 5.73 Å². The van der Waals surface area contributed by atoms with Crippen LogP contribution in [0.25, 0.3) is 0 Å². The number of H-pyrrole nitrogens is 1. The Bertz CT molecular complexity index is 286. The highest BCUT2D eigenvalue weighted by molar-refractivity contribution is 6.19. The van der Waals surface area contributed by atoms with Crippen molar-refractivity contribution in [2.24, 2.45) is 0 Å². The summed E-state index contributed by atoms with van der Waals surface area (Å²) in [6.07, 6.45) is 0. The number of nitrogens with one attached hydrogen (secondary N) is 1. The number of aromatic nitrogens is 2. The standard InChI is InChI=1S/C7H8ClN3/c1-5-6(3-2-4-8)7(9)11-10-5/h4H2,1H3,(H3,9,10,11). The van der Waals surface area contributed by atoms with Gasteiger partial charge in [0.05, 0.1) is 11.4 Å². The van der Waals surface area contributed by atoms with Gasteiger partial charge in [-0.25, -0.2) is 0 Å². The van der Waals surface area contributed by atoms with Gasteiger partial charge in [-0.3, -0.25) is 5.10 Å². The van der Waals surface area contributed by atoms with E-state index >= 15 is 0 Å². The largest absolute Gasteiger partial charge is 0.381 e. The molecule has 3 nitrogen and oxygen atoms in total. The van der Waals surface area contributed by atoms with E-state index < -0.39 is 0 Å². The number of aryl methyl sites for hydroxylation is 1. The molecule has 58 valence electrons. The molecule has 0 saturated carbocycles. The zero-order valence-corrected chi connectivity index (χ0v) is 6.87. The molecular formula is C7H8ClN3. The van der Waals surface area contributed by atoms with Crippen LogP contribution in [0.15, 0.2) is 0 Å². The molecule has 0 aliphatic rings. The summed E-state index contributed by atoms with van der Waals surface area (Å²) < 4.78 is 0. The Kier molecular flexibility index (Phi) is 2.40. The number of anilines is 1. The number of nitrogens with zero attached hydrogens (tertiary/aromatic N) is 1. The number of nitrogens with two attached hydrogens (primary N) is 1. The van der Waals surface area contributed by atoms with E-state index in [1.807, 2.05) is 6.92 Å². The van der Waals surface area contributed by atoms with Crippen molar-refractivity contribution in [3.8, 4) is 11.8 Å². The zero-order chi connectivity index (χ0) is 8.27. The molecule has 0 unspecified atom stereocenters. The SMILES string of the molecule is Cc1[nH]nc(N)c1C#CCCl. The van der Waals surface area contributed by atoms with Crippen molar-refractivity contribution < 1.29 is 0 Å². The van der Waals surface area contributed by atoms with E-state index in [4.69, 9.17) is 17.3 Å². The summed E-state index contributed by atoms with van der Waals surface area (Å²) >= 11 is 5.38. The molecule has 0 spiro atoms. The quantitative estimate of drug-likeness (QED) is 0.448. The summed E-state index contributed by atoms with van der Waals surface area (Å²) in [5.41, 5.74) is 7.11. The van der Waals surface area contributed by atoms with Gasteiger partial charge in [-0.2, -0.15) is 5.10 Å². The van der Waals surface area contributed by atoms with Crippen LogP contribution in [-0.4, -0.2) is 16.1 Å². The lowest BCUT2D eigenvalue weighted by Gasteiger charge is -1.85. The molecular weight excluding hydrogens is 162 g/mol. The smallest absolute Gasteiger partial charge is 0.161 e. The van der Waals surface area contributed by atoms with E-state index in [1.54, 1.807) is 0 Å². The van der Waals surface area contributed by atoms with Gasteiger partial charge in [0.15, 0.2) is 5.82 Å². The van der Waals surface area contributed by atoms with E-state index in [-0.39, 0.29) is 0 Å². The average Bonchev–Trinajstić information content (AvgIpc) is 2.29. The van der Waals surface area contributed by atoms with E-state index in [0.29, 0.717) is 11.7 Å². The highest BCUT2D eigenvalue weighted by Gasteiger charge is 2.01. The van der Waals surface area contributed by atoms with Crippen molar-refractivity contribution in [3.05, 3.63) is 11.3 Å². The molecule has 1 heterocycles. The van der Waals surface area contributed by atoms with Crippen molar-refractivity contribution >= 4 is 17.4 Å². The molecule has 1 rings (SSSR count). The van der Waals surface area contributed by atoms with Gasteiger partial charge >= 0.3 is 0 Å². The highest BCUT2D eigenvalue weighted by Crippen LogP contribution is 2.09. The van der Waals surface area contributed by atoms with Crippen molar-refractivity contribution in [1.29, 1.82) is 0 Å². The molecule has 0 bridgehead atoms. The first-order chi connectivity index (χ1) is 5.25. The Labute approximate surface area is 69.9 Å². The van der Waals surface area contributed by atoms with Crippen LogP contribution >= 0.6 is 11.6 Å². The molecule has 0 aromatic carbocycles. The monoisotopic (exact) mass is 169 g/mol. The van der Waals surface area contributed by atoms with Crippen LogP contribution < -0.4 is 5.73 Å². The maximum absolute atomic E-state index is 5.49. The normalized spacial score (nSPS) is 8.91. The predicted molar refractivity (Wildman–Crippen MR) is 45.3 cm³/mol.